The lowest BCUT2D eigenvalue weighted by molar-refractivity contribution is 0.409. The molecule has 0 saturated heterocycles. The minimum Gasteiger partial charge on any atom is -0.508 e. The van der Waals surface area contributed by atoms with Crippen LogP contribution >= 0.6 is 0 Å². The van der Waals surface area contributed by atoms with Gasteiger partial charge in [-0.1, -0.05) is 12.1 Å². The minimum absolute atomic E-state index is 0.117. The van der Waals surface area contributed by atoms with Crippen LogP contribution in [0.2, 0.25) is 0 Å². The summed E-state index contributed by atoms with van der Waals surface area (Å²) < 4.78 is 13.4. The number of hydrogen-bond donors (Lipinski definition) is 1. The van der Waals surface area contributed by atoms with Crippen molar-refractivity contribution in [3.8, 4) is 28.9 Å². The number of benzene rings is 1. The van der Waals surface area contributed by atoms with E-state index in [0.717, 1.165) is 16.9 Å². The third kappa shape index (κ3) is 2.39. The molecule has 6 rings (SSSR count). The second-order valence-electron chi connectivity index (χ2n) is 6.65. The lowest BCUT2D eigenvalue weighted by atomic mass is 9.87. The zero-order chi connectivity index (χ0) is 19.4. The monoisotopic (exact) mass is 383 g/mol. The number of nitrogens with zero attached hydrogens (tertiary/aromatic N) is 5. The summed E-state index contributed by atoms with van der Waals surface area (Å²) >= 11 is 0. The van der Waals surface area contributed by atoms with E-state index in [2.05, 4.69) is 15.1 Å². The first kappa shape index (κ1) is 15.8. The molecule has 0 aliphatic carbocycles. The average Bonchev–Trinajstić information content (AvgIpc) is 3.42. The first-order chi connectivity index (χ1) is 14.3. The molecule has 1 aliphatic heterocycles. The molecule has 5 aromatic rings. The van der Waals surface area contributed by atoms with Crippen molar-refractivity contribution in [2.24, 2.45) is 0 Å². The fourth-order valence-electron chi connectivity index (χ4n) is 3.66. The predicted molar refractivity (Wildman–Crippen MR) is 102 cm³/mol. The van der Waals surface area contributed by atoms with Gasteiger partial charge in [-0.2, -0.15) is 0 Å². The van der Waals surface area contributed by atoms with E-state index in [1.807, 2.05) is 36.4 Å². The summed E-state index contributed by atoms with van der Waals surface area (Å²) in [5.41, 5.74) is 2.87. The molecule has 1 aliphatic rings. The number of fused-ring (bicyclic) bond motifs is 4. The fraction of sp³-hybridized carbons (Fsp3) is 0.0476. The van der Waals surface area contributed by atoms with E-state index in [0.29, 0.717) is 28.8 Å². The summed E-state index contributed by atoms with van der Waals surface area (Å²) in [5.74, 6) is 1.96. The van der Waals surface area contributed by atoms with E-state index >= 15 is 0 Å². The minimum atomic E-state index is -0.304. The maximum absolute atomic E-state index is 9.90. The molecule has 0 bridgehead atoms. The van der Waals surface area contributed by atoms with E-state index in [9.17, 15) is 5.11 Å². The smallest absolute Gasteiger partial charge is 0.228 e. The summed E-state index contributed by atoms with van der Waals surface area (Å²) in [6.45, 7) is 0. The highest BCUT2D eigenvalue weighted by Gasteiger charge is 2.35. The summed E-state index contributed by atoms with van der Waals surface area (Å²) in [5, 5.41) is 14.4. The largest absolute Gasteiger partial charge is 0.508 e. The van der Waals surface area contributed by atoms with Crippen LogP contribution in [0.25, 0.3) is 17.2 Å². The van der Waals surface area contributed by atoms with Crippen molar-refractivity contribution in [1.82, 2.24) is 24.6 Å². The van der Waals surface area contributed by atoms with Crippen molar-refractivity contribution in [2.45, 2.75) is 5.92 Å². The molecule has 29 heavy (non-hydrogen) atoms. The zero-order valence-corrected chi connectivity index (χ0v) is 14.9. The number of pyridine rings is 1. The molecule has 0 fully saturated rings. The Labute approximate surface area is 164 Å². The SMILES string of the molecule is Oc1ccc2c(c1)Oc1ncn3nc(-c4ccccn4)nc3c1C2c1ccco1. The highest BCUT2D eigenvalue weighted by molar-refractivity contribution is 5.67. The van der Waals surface area contributed by atoms with Crippen molar-refractivity contribution in [3.05, 3.63) is 84.2 Å². The summed E-state index contributed by atoms with van der Waals surface area (Å²) in [6, 6.07) is 14.3. The molecule has 0 amide bonds. The van der Waals surface area contributed by atoms with Gasteiger partial charge in [0, 0.05) is 17.8 Å². The topological polar surface area (TPSA) is 98.6 Å². The lowest BCUT2D eigenvalue weighted by Crippen LogP contribution is -2.14. The maximum atomic E-state index is 9.90. The van der Waals surface area contributed by atoms with E-state index in [-0.39, 0.29) is 11.7 Å². The number of rotatable bonds is 2. The predicted octanol–water partition coefficient (Wildman–Crippen LogP) is 3.77. The van der Waals surface area contributed by atoms with Gasteiger partial charge in [0.25, 0.3) is 0 Å². The molecule has 8 heteroatoms. The van der Waals surface area contributed by atoms with Crippen LogP contribution in [0.1, 0.15) is 22.8 Å². The summed E-state index contributed by atoms with van der Waals surface area (Å²) in [7, 11) is 0. The highest BCUT2D eigenvalue weighted by atomic mass is 16.5. The van der Waals surface area contributed by atoms with Gasteiger partial charge < -0.3 is 14.3 Å². The molecule has 1 N–H and O–H groups in total. The van der Waals surface area contributed by atoms with Gasteiger partial charge in [0.1, 0.15) is 29.3 Å². The zero-order valence-electron chi connectivity index (χ0n) is 14.9. The Balaban J connectivity index is 1.63. The average molecular weight is 383 g/mol. The molecule has 4 aromatic heterocycles. The van der Waals surface area contributed by atoms with Gasteiger partial charge in [-0.15, -0.1) is 5.10 Å². The molecular weight excluding hydrogens is 370 g/mol. The maximum Gasteiger partial charge on any atom is 0.228 e. The van der Waals surface area contributed by atoms with Crippen LogP contribution in [0.4, 0.5) is 0 Å². The van der Waals surface area contributed by atoms with Crippen molar-refractivity contribution < 1.29 is 14.3 Å². The molecule has 8 nitrogen and oxygen atoms in total. The normalized spacial score (nSPS) is 15.0. The fourth-order valence-corrected chi connectivity index (χ4v) is 3.66. The molecule has 140 valence electrons. The number of phenols is 1. The second kappa shape index (κ2) is 5.90. The van der Waals surface area contributed by atoms with Crippen molar-refractivity contribution in [2.75, 3.05) is 0 Å². The number of aromatic hydroxyl groups is 1. The van der Waals surface area contributed by atoms with Crippen LogP contribution in [0.5, 0.6) is 17.4 Å². The van der Waals surface area contributed by atoms with Gasteiger partial charge in [0.2, 0.25) is 11.7 Å². The van der Waals surface area contributed by atoms with Crippen molar-refractivity contribution >= 4 is 5.65 Å². The van der Waals surface area contributed by atoms with Gasteiger partial charge in [0.15, 0.2) is 5.65 Å². The van der Waals surface area contributed by atoms with Gasteiger partial charge in [0.05, 0.1) is 17.7 Å². The van der Waals surface area contributed by atoms with E-state index in [4.69, 9.17) is 14.1 Å². The Kier molecular flexibility index (Phi) is 3.22. The van der Waals surface area contributed by atoms with E-state index in [1.54, 1.807) is 35.4 Å². The Bertz CT molecular complexity index is 1350. The van der Waals surface area contributed by atoms with E-state index in [1.165, 1.54) is 0 Å². The van der Waals surface area contributed by atoms with Gasteiger partial charge in [-0.05, 0) is 30.3 Å². The second-order valence-corrected chi connectivity index (χ2v) is 6.65. The summed E-state index contributed by atoms with van der Waals surface area (Å²) in [4.78, 5) is 13.5. The standard InChI is InChI=1S/C21H13N5O3/c27-12-6-7-13-16(10-12)29-21-18(17(13)15-5-3-9-28-15)20-24-19(25-26(20)11-23-21)14-4-1-2-8-22-14/h1-11,17,27H. The Morgan fingerprint density at radius 2 is 2.00 bits per heavy atom. The van der Waals surface area contributed by atoms with Gasteiger partial charge >= 0.3 is 0 Å². The van der Waals surface area contributed by atoms with E-state index < -0.39 is 0 Å². The summed E-state index contributed by atoms with van der Waals surface area (Å²) in [6.07, 6.45) is 4.88. The first-order valence-corrected chi connectivity index (χ1v) is 8.99. The number of hydrogen-bond acceptors (Lipinski definition) is 7. The van der Waals surface area contributed by atoms with Crippen molar-refractivity contribution in [3.63, 3.8) is 0 Å². The lowest BCUT2D eigenvalue weighted by Gasteiger charge is -2.26. The van der Waals surface area contributed by atoms with Crippen LogP contribution < -0.4 is 4.74 Å². The quantitative estimate of drug-likeness (QED) is 0.486. The van der Waals surface area contributed by atoms with Crippen LogP contribution in [-0.2, 0) is 0 Å². The molecule has 0 radical (unpaired) electrons. The Morgan fingerprint density at radius 3 is 2.83 bits per heavy atom. The van der Waals surface area contributed by atoms with Crippen LogP contribution in [0.15, 0.2) is 71.7 Å². The number of aromatic nitrogens is 5. The number of phenolic OH excluding ortho intramolecular Hbond substituents is 1. The highest BCUT2D eigenvalue weighted by Crippen LogP contribution is 2.48. The van der Waals surface area contributed by atoms with Crippen LogP contribution in [0, 0.1) is 0 Å². The molecule has 1 aromatic carbocycles. The molecule has 1 unspecified atom stereocenters. The van der Waals surface area contributed by atoms with Gasteiger partial charge in [-0.3, -0.25) is 4.98 Å². The number of ether oxygens (including phenoxy) is 1. The van der Waals surface area contributed by atoms with Crippen LogP contribution in [0.3, 0.4) is 0 Å². The Hall–Kier alpha value is -4.20. The molecule has 0 spiro atoms. The Morgan fingerprint density at radius 1 is 1.03 bits per heavy atom. The number of furan rings is 1. The van der Waals surface area contributed by atoms with Gasteiger partial charge in [-0.25, -0.2) is 14.5 Å². The molecule has 5 heterocycles. The third-order valence-corrected chi connectivity index (χ3v) is 4.91. The molecule has 0 saturated carbocycles. The first-order valence-electron chi connectivity index (χ1n) is 8.99. The van der Waals surface area contributed by atoms with Crippen LogP contribution in [-0.4, -0.2) is 29.7 Å². The third-order valence-electron chi connectivity index (χ3n) is 4.91. The molecule has 1 atom stereocenters. The van der Waals surface area contributed by atoms with Crippen molar-refractivity contribution in [1.29, 1.82) is 0 Å². The molecular formula is C21H13N5O3.